The topological polar surface area (TPSA) is 97.2 Å². The average molecular weight is 341 g/mol. The molecule has 0 amide bonds. The maximum Gasteiger partial charge on any atom is 0.326 e. The number of nitrogens with zero attached hydrogens (tertiary/aromatic N) is 4. The molecule has 0 bridgehead atoms. The minimum Gasteiger partial charge on any atom is -0.465 e. The van der Waals surface area contributed by atoms with Crippen LogP contribution in [-0.2, 0) is 16.1 Å². The summed E-state index contributed by atoms with van der Waals surface area (Å²) in [4.78, 5) is 17.4. The summed E-state index contributed by atoms with van der Waals surface area (Å²) >= 11 is 0. The van der Waals surface area contributed by atoms with Crippen LogP contribution in [0.1, 0.15) is 29.6 Å². The lowest BCUT2D eigenvalue weighted by Crippen LogP contribution is -2.27. The molecular formula is C18H23N5O2. The zero-order chi connectivity index (χ0) is 18.6. The van der Waals surface area contributed by atoms with Crippen LogP contribution in [0.15, 0.2) is 18.3 Å². The van der Waals surface area contributed by atoms with Crippen LogP contribution >= 0.6 is 0 Å². The van der Waals surface area contributed by atoms with Gasteiger partial charge in [0.1, 0.15) is 12.4 Å². The summed E-state index contributed by atoms with van der Waals surface area (Å²) in [6, 6.07) is 3.90. The Hall–Kier alpha value is -3.01. The van der Waals surface area contributed by atoms with Crippen molar-refractivity contribution in [1.82, 2.24) is 14.5 Å². The van der Waals surface area contributed by atoms with Crippen LogP contribution in [0.4, 0.5) is 5.69 Å². The van der Waals surface area contributed by atoms with Gasteiger partial charge in [0.05, 0.1) is 18.8 Å². The van der Waals surface area contributed by atoms with Gasteiger partial charge in [-0.25, -0.2) is 4.98 Å². The number of anilines is 1. The van der Waals surface area contributed by atoms with Gasteiger partial charge in [-0.15, -0.1) is 0 Å². The van der Waals surface area contributed by atoms with Crippen molar-refractivity contribution in [3.8, 4) is 11.9 Å². The zero-order valence-electron chi connectivity index (χ0n) is 15.0. The van der Waals surface area contributed by atoms with Gasteiger partial charge in [-0.2, -0.15) is 5.26 Å². The first-order chi connectivity index (χ1) is 11.8. The van der Waals surface area contributed by atoms with Crippen LogP contribution in [0.5, 0.6) is 0 Å². The predicted molar refractivity (Wildman–Crippen MR) is 94.8 cm³/mol. The first-order valence-electron chi connectivity index (χ1n) is 8.08. The summed E-state index contributed by atoms with van der Waals surface area (Å²) in [7, 11) is 0. The monoisotopic (exact) mass is 341 g/mol. The van der Waals surface area contributed by atoms with E-state index in [1.807, 2.05) is 49.9 Å². The third-order valence-electron chi connectivity index (χ3n) is 3.87. The zero-order valence-corrected chi connectivity index (χ0v) is 15.0. The van der Waals surface area contributed by atoms with Gasteiger partial charge in [0.15, 0.2) is 6.19 Å². The van der Waals surface area contributed by atoms with Crippen LogP contribution in [0.2, 0.25) is 0 Å². The molecule has 0 saturated carbocycles. The van der Waals surface area contributed by atoms with Gasteiger partial charge >= 0.3 is 5.97 Å². The van der Waals surface area contributed by atoms with Gasteiger partial charge < -0.3 is 15.0 Å². The molecule has 7 nitrogen and oxygen atoms in total. The Bertz CT molecular complexity index is 820. The smallest absolute Gasteiger partial charge is 0.326 e. The van der Waals surface area contributed by atoms with Crippen molar-refractivity contribution in [3.63, 3.8) is 0 Å². The highest BCUT2D eigenvalue weighted by atomic mass is 16.5. The highest BCUT2D eigenvalue weighted by Crippen LogP contribution is 2.24. The Morgan fingerprint density at radius 3 is 2.68 bits per heavy atom. The minimum atomic E-state index is -0.434. The van der Waals surface area contributed by atoms with Crippen LogP contribution in [0.25, 0.3) is 5.69 Å². The van der Waals surface area contributed by atoms with E-state index in [1.165, 1.54) is 4.90 Å². The second-order valence-electron chi connectivity index (χ2n) is 5.90. The van der Waals surface area contributed by atoms with E-state index in [0.29, 0.717) is 5.69 Å². The summed E-state index contributed by atoms with van der Waals surface area (Å²) in [5, 5.41) is 9.31. The molecule has 0 spiro atoms. The van der Waals surface area contributed by atoms with Gasteiger partial charge in [0, 0.05) is 17.6 Å². The molecule has 25 heavy (non-hydrogen) atoms. The van der Waals surface area contributed by atoms with E-state index in [0.717, 1.165) is 28.3 Å². The van der Waals surface area contributed by atoms with E-state index in [2.05, 4.69) is 4.98 Å². The average Bonchev–Trinajstić information content (AvgIpc) is 2.89. The first-order valence-corrected chi connectivity index (χ1v) is 8.08. The van der Waals surface area contributed by atoms with Gasteiger partial charge in [0.2, 0.25) is 0 Å². The quantitative estimate of drug-likeness (QED) is 0.374. The largest absolute Gasteiger partial charge is 0.465 e. The summed E-state index contributed by atoms with van der Waals surface area (Å²) in [6.45, 7) is 7.94. The van der Waals surface area contributed by atoms with Crippen LogP contribution in [0, 0.1) is 32.2 Å². The molecule has 0 aliphatic rings. The minimum absolute atomic E-state index is 0.101. The number of hydrogen-bond donors (Lipinski definition) is 1. The summed E-state index contributed by atoms with van der Waals surface area (Å²) < 4.78 is 6.88. The Morgan fingerprint density at radius 2 is 2.12 bits per heavy atom. The maximum absolute atomic E-state index is 11.6. The highest BCUT2D eigenvalue weighted by Gasteiger charge is 2.15. The molecule has 132 valence electrons. The number of hydrogen-bond acceptors (Lipinski definition) is 6. The third-order valence-corrected chi connectivity index (χ3v) is 3.87. The van der Waals surface area contributed by atoms with Crippen molar-refractivity contribution in [3.05, 3.63) is 41.0 Å². The van der Waals surface area contributed by atoms with Crippen LogP contribution < -0.4 is 5.73 Å². The van der Waals surface area contributed by atoms with Crippen molar-refractivity contribution in [2.45, 2.75) is 34.2 Å². The highest BCUT2D eigenvalue weighted by molar-refractivity contribution is 5.72. The Morgan fingerprint density at radius 1 is 1.40 bits per heavy atom. The summed E-state index contributed by atoms with van der Waals surface area (Å²) in [5.74, 6) is 0.438. The van der Waals surface area contributed by atoms with Crippen LogP contribution in [-0.4, -0.2) is 33.6 Å². The summed E-state index contributed by atoms with van der Waals surface area (Å²) in [5.41, 5.74) is 10.3. The van der Waals surface area contributed by atoms with Crippen molar-refractivity contribution in [2.24, 2.45) is 0 Å². The number of imidazole rings is 1. The van der Waals surface area contributed by atoms with Gasteiger partial charge in [-0.3, -0.25) is 9.69 Å². The van der Waals surface area contributed by atoms with E-state index in [9.17, 15) is 10.1 Å². The Labute approximate surface area is 147 Å². The fourth-order valence-corrected chi connectivity index (χ4v) is 2.69. The predicted octanol–water partition coefficient (Wildman–Crippen LogP) is 2.23. The molecule has 0 aliphatic carbocycles. The number of carbonyl (C=O) groups excluding carboxylic acids is 1. The molecule has 0 aliphatic heterocycles. The van der Waals surface area contributed by atoms with Gasteiger partial charge in [0.25, 0.3) is 0 Å². The lowest BCUT2D eigenvalue weighted by molar-refractivity contribution is -0.143. The third kappa shape index (κ3) is 4.29. The number of nitrogens with two attached hydrogens (primary N) is 1. The number of carbonyl (C=O) groups is 1. The molecule has 7 heteroatoms. The fourth-order valence-electron chi connectivity index (χ4n) is 2.69. The number of rotatable bonds is 6. The number of aromatic nitrogens is 2. The van der Waals surface area contributed by atoms with Crippen molar-refractivity contribution < 1.29 is 9.53 Å². The van der Waals surface area contributed by atoms with E-state index in [1.54, 1.807) is 6.92 Å². The molecule has 2 N–H and O–H groups in total. The van der Waals surface area contributed by atoms with Crippen molar-refractivity contribution in [2.75, 3.05) is 18.9 Å². The Kier molecular flexibility index (Phi) is 5.65. The molecule has 0 saturated heterocycles. The molecule has 2 rings (SSSR count). The molecular weight excluding hydrogens is 318 g/mol. The van der Waals surface area contributed by atoms with Crippen molar-refractivity contribution >= 4 is 11.7 Å². The molecule has 2 aromatic rings. The van der Waals surface area contributed by atoms with E-state index in [-0.39, 0.29) is 19.7 Å². The first kappa shape index (κ1) is 18.3. The van der Waals surface area contributed by atoms with E-state index < -0.39 is 5.97 Å². The van der Waals surface area contributed by atoms with E-state index >= 15 is 0 Å². The Balaban J connectivity index is 2.33. The number of ether oxygens (including phenoxy) is 1. The fraction of sp³-hybridized carbons (Fsp3) is 0.389. The second kappa shape index (κ2) is 7.71. The van der Waals surface area contributed by atoms with E-state index in [4.69, 9.17) is 10.5 Å². The number of nitriles is 1. The molecule has 0 atom stereocenters. The lowest BCUT2D eigenvalue weighted by Gasteiger charge is -2.18. The SMILES string of the molecule is CCOC(=O)CN(C#N)Cc1cc(-n2cc(C)nc2C)cc(C)c1N. The lowest BCUT2D eigenvalue weighted by atomic mass is 10.1. The van der Waals surface area contributed by atoms with Gasteiger partial charge in [-0.1, -0.05) is 0 Å². The number of benzene rings is 1. The van der Waals surface area contributed by atoms with Crippen LogP contribution in [0.3, 0.4) is 0 Å². The van der Waals surface area contributed by atoms with Crippen molar-refractivity contribution in [1.29, 1.82) is 5.26 Å². The molecule has 1 aromatic carbocycles. The molecule has 0 unspecified atom stereocenters. The molecule has 1 heterocycles. The second-order valence-corrected chi connectivity index (χ2v) is 5.90. The van der Waals surface area contributed by atoms with Gasteiger partial charge in [-0.05, 0) is 51.0 Å². The summed E-state index contributed by atoms with van der Waals surface area (Å²) in [6.07, 6.45) is 3.97. The molecule has 0 radical (unpaired) electrons. The molecule has 0 fully saturated rings. The maximum atomic E-state index is 11.6. The normalized spacial score (nSPS) is 10.4. The number of nitrogen functional groups attached to an aromatic ring is 1. The molecule has 1 aromatic heterocycles. The number of aryl methyl sites for hydroxylation is 3. The number of esters is 1. The standard InChI is InChI=1S/C18H23N5O2/c1-5-25-17(24)10-22(11-19)9-15-7-16(6-12(2)18(15)20)23-8-13(3)21-14(23)4/h6-8H,5,9-10,20H2,1-4H3.